The highest BCUT2D eigenvalue weighted by Crippen LogP contribution is 2.39. The predicted octanol–water partition coefficient (Wildman–Crippen LogP) is -1.80. The van der Waals surface area contributed by atoms with Gasteiger partial charge in [0, 0.05) is 33.6 Å². The Bertz CT molecular complexity index is 1010. The number of carbonyl (C=O) groups excluding carboxylic acids is 2. The van der Waals surface area contributed by atoms with E-state index in [-0.39, 0.29) is 23.9 Å². The van der Waals surface area contributed by atoms with Gasteiger partial charge in [-0.15, -0.1) is 0 Å². The normalized spacial score (nSPS) is 23.7. The summed E-state index contributed by atoms with van der Waals surface area (Å²) < 4.78 is 2.89. The first-order chi connectivity index (χ1) is 11.3. The number of nitrogens with zero attached hydrogens (tertiary/aromatic N) is 4. The Labute approximate surface area is 135 Å². The summed E-state index contributed by atoms with van der Waals surface area (Å²) in [5.41, 5.74) is -1.19. The van der Waals surface area contributed by atoms with Crippen LogP contribution in [0.5, 0.6) is 0 Å². The number of rotatable bonds is 1. The van der Waals surface area contributed by atoms with Crippen LogP contribution in [0.15, 0.2) is 9.59 Å². The van der Waals surface area contributed by atoms with Crippen molar-refractivity contribution in [2.24, 2.45) is 19.5 Å². The first-order valence-corrected chi connectivity index (χ1v) is 7.57. The van der Waals surface area contributed by atoms with Crippen molar-refractivity contribution in [3.05, 3.63) is 20.8 Å². The molecule has 2 aromatic heterocycles. The van der Waals surface area contributed by atoms with Gasteiger partial charge >= 0.3 is 5.69 Å². The maximum atomic E-state index is 12.1. The standard InChI is InChI=1S/C14H16N6O4/c1-18-8-9(19(2)13(24)17-10(8)22)16-12(18)20-4-3-14(6-20)5-7(21)15-11(14)23/h3-6H2,1-2H3,(H,15,21,23)(H,17,22,24)/t14-/m0/s1. The molecule has 4 rings (SSSR count). The molecular formula is C14H16N6O4. The molecule has 0 bridgehead atoms. The summed E-state index contributed by atoms with van der Waals surface area (Å²) in [5, 5.41) is 2.36. The third kappa shape index (κ3) is 1.79. The second-order valence-corrected chi connectivity index (χ2v) is 6.47. The Hall–Kier alpha value is -2.91. The molecule has 2 saturated heterocycles. The molecule has 2 amide bonds. The molecular weight excluding hydrogens is 316 g/mol. The predicted molar refractivity (Wildman–Crippen MR) is 83.6 cm³/mol. The number of aryl methyl sites for hydroxylation is 2. The van der Waals surface area contributed by atoms with Crippen molar-refractivity contribution in [1.82, 2.24) is 24.4 Å². The number of carbonyl (C=O) groups is 2. The maximum absolute atomic E-state index is 12.1. The number of amides is 2. The van der Waals surface area contributed by atoms with Crippen LogP contribution in [-0.2, 0) is 23.7 Å². The fraction of sp³-hybridized carbons (Fsp3) is 0.500. The molecule has 2 N–H and O–H groups in total. The number of hydrogen-bond donors (Lipinski definition) is 2. The van der Waals surface area contributed by atoms with Crippen LogP contribution in [0.3, 0.4) is 0 Å². The third-order valence-corrected chi connectivity index (χ3v) is 4.98. The number of nitrogens with one attached hydrogen (secondary N) is 2. The highest BCUT2D eigenvalue weighted by Gasteiger charge is 2.51. The molecule has 2 aliphatic heterocycles. The quantitative estimate of drug-likeness (QED) is 0.594. The molecule has 2 aromatic rings. The summed E-state index contributed by atoms with van der Waals surface area (Å²) in [6, 6.07) is 0. The van der Waals surface area contributed by atoms with Crippen LogP contribution in [0.4, 0.5) is 5.95 Å². The van der Waals surface area contributed by atoms with Gasteiger partial charge in [-0.1, -0.05) is 0 Å². The van der Waals surface area contributed by atoms with Gasteiger partial charge in [0.25, 0.3) is 5.56 Å². The summed E-state index contributed by atoms with van der Waals surface area (Å²) in [5.74, 6) is -0.00886. The molecule has 10 heteroatoms. The van der Waals surface area contributed by atoms with E-state index in [1.165, 1.54) is 11.6 Å². The summed E-state index contributed by atoms with van der Waals surface area (Å²) >= 11 is 0. The molecule has 0 unspecified atom stereocenters. The molecule has 2 fully saturated rings. The van der Waals surface area contributed by atoms with Crippen LogP contribution in [0, 0.1) is 5.41 Å². The Morgan fingerprint density at radius 2 is 1.88 bits per heavy atom. The average molecular weight is 332 g/mol. The van der Waals surface area contributed by atoms with E-state index in [1.807, 2.05) is 4.90 Å². The van der Waals surface area contributed by atoms with Crippen LogP contribution >= 0.6 is 0 Å². The Morgan fingerprint density at radius 3 is 2.54 bits per heavy atom. The molecule has 1 spiro atoms. The minimum Gasteiger partial charge on any atom is -0.341 e. The summed E-state index contributed by atoms with van der Waals surface area (Å²) in [6.07, 6.45) is 0.717. The van der Waals surface area contributed by atoms with Crippen LogP contribution in [0.1, 0.15) is 12.8 Å². The van der Waals surface area contributed by atoms with E-state index < -0.39 is 16.7 Å². The third-order valence-electron chi connectivity index (χ3n) is 4.98. The SMILES string of the molecule is Cn1c(N2CC[C@]3(CC(=O)NC3=O)C2)nc2c1c(=O)[nH]c(=O)n2C. The van der Waals surface area contributed by atoms with E-state index in [0.717, 1.165) is 0 Å². The van der Waals surface area contributed by atoms with Gasteiger partial charge < -0.3 is 9.47 Å². The molecule has 0 saturated carbocycles. The molecule has 2 aliphatic rings. The van der Waals surface area contributed by atoms with E-state index in [1.54, 1.807) is 11.6 Å². The highest BCUT2D eigenvalue weighted by atomic mass is 16.2. The van der Waals surface area contributed by atoms with Crippen molar-refractivity contribution < 1.29 is 9.59 Å². The molecule has 0 radical (unpaired) electrons. The van der Waals surface area contributed by atoms with Gasteiger partial charge in [-0.05, 0) is 6.42 Å². The van der Waals surface area contributed by atoms with Crippen molar-refractivity contribution in [2.45, 2.75) is 12.8 Å². The van der Waals surface area contributed by atoms with E-state index in [2.05, 4.69) is 15.3 Å². The van der Waals surface area contributed by atoms with Gasteiger partial charge in [-0.3, -0.25) is 29.3 Å². The number of fused-ring (bicyclic) bond motifs is 1. The molecule has 0 aromatic carbocycles. The van der Waals surface area contributed by atoms with Gasteiger partial charge in [-0.25, -0.2) is 4.79 Å². The minimum absolute atomic E-state index is 0.172. The van der Waals surface area contributed by atoms with Gasteiger partial charge in [0.05, 0.1) is 5.41 Å². The molecule has 4 heterocycles. The average Bonchev–Trinajstić information content (AvgIpc) is 3.15. The fourth-order valence-electron chi connectivity index (χ4n) is 3.64. The number of imide groups is 1. The largest absolute Gasteiger partial charge is 0.341 e. The Balaban J connectivity index is 1.80. The van der Waals surface area contributed by atoms with Crippen LogP contribution in [0.2, 0.25) is 0 Å². The van der Waals surface area contributed by atoms with E-state index in [9.17, 15) is 19.2 Å². The van der Waals surface area contributed by atoms with Crippen LogP contribution in [0.25, 0.3) is 11.2 Å². The van der Waals surface area contributed by atoms with E-state index in [4.69, 9.17) is 0 Å². The number of aromatic nitrogens is 4. The fourth-order valence-corrected chi connectivity index (χ4v) is 3.64. The lowest BCUT2D eigenvalue weighted by molar-refractivity contribution is -0.127. The smallest absolute Gasteiger partial charge is 0.329 e. The highest BCUT2D eigenvalue weighted by molar-refractivity contribution is 6.06. The van der Waals surface area contributed by atoms with Crippen molar-refractivity contribution in [1.29, 1.82) is 0 Å². The lowest BCUT2D eigenvalue weighted by Gasteiger charge is -2.20. The zero-order valence-corrected chi connectivity index (χ0v) is 13.3. The molecule has 24 heavy (non-hydrogen) atoms. The maximum Gasteiger partial charge on any atom is 0.329 e. The van der Waals surface area contributed by atoms with Gasteiger partial charge in [0.1, 0.15) is 0 Å². The first-order valence-electron chi connectivity index (χ1n) is 7.57. The van der Waals surface area contributed by atoms with E-state index in [0.29, 0.717) is 31.0 Å². The number of imidazole rings is 1. The Morgan fingerprint density at radius 1 is 1.12 bits per heavy atom. The van der Waals surface area contributed by atoms with Gasteiger partial charge in [-0.2, -0.15) is 4.98 Å². The number of aromatic amines is 1. The topological polar surface area (TPSA) is 122 Å². The minimum atomic E-state index is -0.729. The summed E-state index contributed by atoms with van der Waals surface area (Å²) in [4.78, 5) is 56.0. The van der Waals surface area contributed by atoms with Crippen molar-refractivity contribution in [2.75, 3.05) is 18.0 Å². The second-order valence-electron chi connectivity index (χ2n) is 6.47. The monoisotopic (exact) mass is 332 g/mol. The lowest BCUT2D eigenvalue weighted by Crippen LogP contribution is -2.35. The van der Waals surface area contributed by atoms with Crippen molar-refractivity contribution in [3.8, 4) is 0 Å². The number of anilines is 1. The Kier molecular flexibility index (Phi) is 2.78. The summed E-state index contributed by atoms with van der Waals surface area (Å²) in [6.45, 7) is 0.900. The first kappa shape index (κ1) is 14.7. The number of H-pyrrole nitrogens is 1. The van der Waals surface area contributed by atoms with Crippen LogP contribution < -0.4 is 21.5 Å². The van der Waals surface area contributed by atoms with E-state index >= 15 is 0 Å². The zero-order valence-electron chi connectivity index (χ0n) is 13.3. The molecule has 126 valence electrons. The van der Waals surface area contributed by atoms with Crippen molar-refractivity contribution >= 4 is 28.9 Å². The van der Waals surface area contributed by atoms with Gasteiger partial charge in [0.15, 0.2) is 11.2 Å². The zero-order chi connectivity index (χ0) is 17.2. The molecule has 10 nitrogen and oxygen atoms in total. The second kappa shape index (κ2) is 4.56. The lowest BCUT2D eigenvalue weighted by atomic mass is 9.85. The van der Waals surface area contributed by atoms with Crippen molar-refractivity contribution in [3.63, 3.8) is 0 Å². The van der Waals surface area contributed by atoms with Gasteiger partial charge in [0.2, 0.25) is 17.8 Å². The summed E-state index contributed by atoms with van der Waals surface area (Å²) in [7, 11) is 3.22. The molecule has 0 aliphatic carbocycles. The molecule has 1 atom stereocenters. The van der Waals surface area contributed by atoms with Crippen LogP contribution in [-0.4, -0.2) is 44.0 Å². The number of hydrogen-bond acceptors (Lipinski definition) is 6.